The van der Waals surface area contributed by atoms with Gasteiger partial charge in [0.2, 0.25) is 0 Å². The molecule has 6 nitrogen and oxygen atoms in total. The number of aliphatic carboxylic acids is 1. The molecule has 0 aromatic heterocycles. The maximum Gasteiger partial charge on any atom is 0.333 e. The van der Waals surface area contributed by atoms with Crippen molar-refractivity contribution in [2.75, 3.05) is 20.3 Å². The van der Waals surface area contributed by atoms with Crippen molar-refractivity contribution < 1.29 is 28.9 Å². The first kappa shape index (κ1) is 20.9. The van der Waals surface area contributed by atoms with Crippen molar-refractivity contribution in [2.24, 2.45) is 0 Å². The van der Waals surface area contributed by atoms with Crippen molar-refractivity contribution in [1.82, 2.24) is 0 Å². The third-order valence-corrected chi connectivity index (χ3v) is 4.96. The summed E-state index contributed by atoms with van der Waals surface area (Å²) in [4.78, 5) is 22.9. The van der Waals surface area contributed by atoms with Crippen molar-refractivity contribution in [3.63, 3.8) is 0 Å². The van der Waals surface area contributed by atoms with Gasteiger partial charge in [0, 0.05) is 31.9 Å². The van der Waals surface area contributed by atoms with Gasteiger partial charge < -0.3 is 19.3 Å². The lowest BCUT2D eigenvalue weighted by Gasteiger charge is -2.16. The molecule has 29 heavy (non-hydrogen) atoms. The minimum Gasteiger partial charge on any atom is -0.493 e. The van der Waals surface area contributed by atoms with Gasteiger partial charge >= 0.3 is 5.97 Å². The number of hydrogen-bond donors (Lipinski definition) is 1. The summed E-state index contributed by atoms with van der Waals surface area (Å²) in [7, 11) is 1.39. The predicted octanol–water partition coefficient (Wildman–Crippen LogP) is 3.70. The molecule has 2 aromatic rings. The molecule has 0 fully saturated rings. The first-order valence-electron chi connectivity index (χ1n) is 9.83. The lowest BCUT2D eigenvalue weighted by Crippen LogP contribution is -2.24. The van der Waals surface area contributed by atoms with Gasteiger partial charge in [0.25, 0.3) is 0 Å². The van der Waals surface area contributed by atoms with Gasteiger partial charge in [-0.2, -0.15) is 0 Å². The van der Waals surface area contributed by atoms with Gasteiger partial charge in [-0.05, 0) is 54.3 Å². The number of rotatable bonds is 10. The molecule has 0 aliphatic heterocycles. The van der Waals surface area contributed by atoms with Gasteiger partial charge in [0.15, 0.2) is 11.9 Å². The van der Waals surface area contributed by atoms with E-state index in [1.807, 2.05) is 42.5 Å². The Balaban J connectivity index is 1.39. The van der Waals surface area contributed by atoms with E-state index in [-0.39, 0.29) is 5.78 Å². The number of Topliss-reactive ketones (excluding diaryl/α,β-unsaturated/α-hetero) is 1. The van der Waals surface area contributed by atoms with Crippen LogP contribution in [-0.2, 0) is 22.4 Å². The van der Waals surface area contributed by atoms with E-state index < -0.39 is 12.1 Å². The van der Waals surface area contributed by atoms with Gasteiger partial charge in [0.1, 0.15) is 11.5 Å². The van der Waals surface area contributed by atoms with Gasteiger partial charge in [0.05, 0.1) is 13.2 Å². The van der Waals surface area contributed by atoms with Crippen molar-refractivity contribution in [3.05, 3.63) is 59.2 Å². The maximum atomic E-state index is 11.9. The Morgan fingerprint density at radius 2 is 1.72 bits per heavy atom. The fourth-order valence-electron chi connectivity index (χ4n) is 3.36. The highest BCUT2D eigenvalue weighted by Crippen LogP contribution is 2.25. The number of ether oxygens (including phenoxy) is 3. The van der Waals surface area contributed by atoms with Gasteiger partial charge in [-0.25, -0.2) is 4.79 Å². The van der Waals surface area contributed by atoms with E-state index in [1.165, 1.54) is 7.11 Å². The van der Waals surface area contributed by atoms with E-state index in [0.717, 1.165) is 47.5 Å². The SMILES string of the molecule is CO[C@@H](Cc1ccc(OCCCOc2ccc3c(c2)CCCC3=O)cc1)C(=O)O. The van der Waals surface area contributed by atoms with Gasteiger partial charge in [-0.1, -0.05) is 12.1 Å². The second kappa shape index (κ2) is 10.1. The number of aryl methyl sites for hydroxylation is 1. The summed E-state index contributed by atoms with van der Waals surface area (Å²) in [6.07, 6.45) is 2.66. The second-order valence-electron chi connectivity index (χ2n) is 7.06. The molecule has 6 heteroatoms. The van der Waals surface area contributed by atoms with E-state index in [1.54, 1.807) is 0 Å². The van der Waals surface area contributed by atoms with E-state index >= 15 is 0 Å². The zero-order valence-corrected chi connectivity index (χ0v) is 16.6. The molecular formula is C23H26O6. The van der Waals surface area contributed by atoms with Gasteiger partial charge in [-0.15, -0.1) is 0 Å². The molecule has 1 atom stereocenters. The van der Waals surface area contributed by atoms with Crippen molar-refractivity contribution in [3.8, 4) is 11.5 Å². The van der Waals surface area contributed by atoms with Crippen LogP contribution >= 0.6 is 0 Å². The molecule has 1 N–H and O–H groups in total. The summed E-state index contributed by atoms with van der Waals surface area (Å²) in [6, 6.07) is 13.0. The highest BCUT2D eigenvalue weighted by molar-refractivity contribution is 5.98. The largest absolute Gasteiger partial charge is 0.493 e. The average molecular weight is 398 g/mol. The number of carbonyl (C=O) groups excluding carboxylic acids is 1. The zero-order chi connectivity index (χ0) is 20.6. The van der Waals surface area contributed by atoms with Crippen LogP contribution in [0.1, 0.15) is 40.7 Å². The van der Waals surface area contributed by atoms with Crippen LogP contribution in [0.15, 0.2) is 42.5 Å². The quantitative estimate of drug-likeness (QED) is 0.615. The monoisotopic (exact) mass is 398 g/mol. The summed E-state index contributed by atoms with van der Waals surface area (Å²) in [5.74, 6) is 0.760. The lowest BCUT2D eigenvalue weighted by molar-refractivity contribution is -0.148. The number of ketones is 1. The summed E-state index contributed by atoms with van der Waals surface area (Å²) in [6.45, 7) is 1.04. The molecule has 0 spiro atoms. The smallest absolute Gasteiger partial charge is 0.333 e. The molecule has 0 saturated carbocycles. The third kappa shape index (κ3) is 5.81. The highest BCUT2D eigenvalue weighted by Gasteiger charge is 2.18. The van der Waals surface area contributed by atoms with Crippen molar-refractivity contribution >= 4 is 11.8 Å². The maximum absolute atomic E-state index is 11.9. The second-order valence-corrected chi connectivity index (χ2v) is 7.06. The topological polar surface area (TPSA) is 82.1 Å². The molecular weight excluding hydrogens is 372 g/mol. The van der Waals surface area contributed by atoms with Crippen LogP contribution in [0.3, 0.4) is 0 Å². The lowest BCUT2D eigenvalue weighted by atomic mass is 9.91. The number of carbonyl (C=O) groups is 2. The molecule has 0 radical (unpaired) electrons. The van der Waals surface area contributed by atoms with Crippen LogP contribution < -0.4 is 9.47 Å². The Bertz CT molecular complexity index is 843. The fraction of sp³-hybridized carbons (Fsp3) is 0.391. The highest BCUT2D eigenvalue weighted by atomic mass is 16.5. The van der Waals surface area contributed by atoms with E-state index in [0.29, 0.717) is 26.1 Å². The van der Waals surface area contributed by atoms with Crippen LogP contribution in [0.5, 0.6) is 11.5 Å². The molecule has 2 aromatic carbocycles. The number of fused-ring (bicyclic) bond motifs is 1. The Kier molecular flexibility index (Phi) is 7.25. The summed E-state index contributed by atoms with van der Waals surface area (Å²) >= 11 is 0. The Morgan fingerprint density at radius 3 is 2.41 bits per heavy atom. The first-order chi connectivity index (χ1) is 14.1. The van der Waals surface area contributed by atoms with Gasteiger partial charge in [-0.3, -0.25) is 4.79 Å². The normalized spacial score (nSPS) is 14.2. The van der Waals surface area contributed by atoms with Crippen molar-refractivity contribution in [1.29, 1.82) is 0 Å². The minimum absolute atomic E-state index is 0.220. The molecule has 0 bridgehead atoms. The Hall–Kier alpha value is -2.86. The molecule has 0 amide bonds. The van der Waals surface area contributed by atoms with Crippen LogP contribution in [0.25, 0.3) is 0 Å². The fourth-order valence-corrected chi connectivity index (χ4v) is 3.36. The Morgan fingerprint density at radius 1 is 1.03 bits per heavy atom. The van der Waals surface area contributed by atoms with E-state index in [9.17, 15) is 9.59 Å². The first-order valence-corrected chi connectivity index (χ1v) is 9.83. The predicted molar refractivity (Wildman–Crippen MR) is 108 cm³/mol. The summed E-state index contributed by atoms with van der Waals surface area (Å²) in [5, 5.41) is 9.03. The third-order valence-electron chi connectivity index (χ3n) is 4.96. The number of benzene rings is 2. The van der Waals surface area contributed by atoms with Crippen LogP contribution in [-0.4, -0.2) is 43.3 Å². The summed E-state index contributed by atoms with van der Waals surface area (Å²) < 4.78 is 16.4. The van der Waals surface area contributed by atoms with Crippen molar-refractivity contribution in [2.45, 2.75) is 38.2 Å². The van der Waals surface area contributed by atoms with E-state index in [2.05, 4.69) is 0 Å². The molecule has 0 unspecified atom stereocenters. The van der Waals surface area contributed by atoms with E-state index in [4.69, 9.17) is 19.3 Å². The van der Waals surface area contributed by atoms with Crippen LogP contribution in [0.4, 0.5) is 0 Å². The molecule has 1 aliphatic carbocycles. The number of carboxylic acids is 1. The molecule has 154 valence electrons. The number of methoxy groups -OCH3 is 1. The molecule has 0 saturated heterocycles. The van der Waals surface area contributed by atoms with Crippen LogP contribution in [0, 0.1) is 0 Å². The zero-order valence-electron chi connectivity index (χ0n) is 16.6. The Labute approximate surface area is 170 Å². The number of carboxylic acid groups (broad SMARTS) is 1. The average Bonchev–Trinajstić information content (AvgIpc) is 2.72. The molecule has 3 rings (SSSR count). The minimum atomic E-state index is -0.974. The molecule has 0 heterocycles. The van der Waals surface area contributed by atoms with Crippen LogP contribution in [0.2, 0.25) is 0 Å². The summed E-state index contributed by atoms with van der Waals surface area (Å²) in [5.41, 5.74) is 2.78. The number of hydrogen-bond acceptors (Lipinski definition) is 5. The molecule has 1 aliphatic rings. The standard InChI is InChI=1S/C23H26O6/c1-27-22(23(25)26)14-16-6-8-18(9-7-16)28-12-3-13-29-19-10-11-20-17(15-19)4-2-5-21(20)24/h6-11,15,22H,2-5,12-14H2,1H3,(H,25,26)/t22-/m0/s1.